The van der Waals surface area contributed by atoms with Crippen LogP contribution in [0.2, 0.25) is 0 Å². The van der Waals surface area contributed by atoms with Crippen molar-refractivity contribution in [3.63, 3.8) is 0 Å². The fourth-order valence-electron chi connectivity index (χ4n) is 5.33. The second-order valence-electron chi connectivity index (χ2n) is 12.6. The maximum Gasteiger partial charge on any atom is 0.407 e. The van der Waals surface area contributed by atoms with Gasteiger partial charge in [0.25, 0.3) is 15.9 Å². The van der Waals surface area contributed by atoms with E-state index in [1.807, 2.05) is 31.5 Å². The minimum Gasteiger partial charge on any atom is -0.444 e. The number of alkyl carbamates (subject to hydrolysis) is 1. The first-order chi connectivity index (χ1) is 22.4. The number of ether oxygens (including phenoxy) is 1. The molecule has 0 unspecified atom stereocenters. The molecule has 254 valence electrons. The van der Waals surface area contributed by atoms with Crippen molar-refractivity contribution >= 4 is 65.7 Å². The molecule has 15 heteroatoms. The van der Waals surface area contributed by atoms with E-state index in [4.69, 9.17) is 4.74 Å². The lowest BCUT2D eigenvalue weighted by atomic mass is 10.1. The number of thiophene rings is 1. The summed E-state index contributed by atoms with van der Waals surface area (Å²) in [5.74, 6) is -0.323. The number of nitrogens with one attached hydrogen (secondary N) is 3. The molecule has 0 radical (unpaired) electrons. The number of benzene rings is 1. The molecule has 47 heavy (non-hydrogen) atoms. The molecule has 1 aliphatic rings. The molecule has 5 rings (SSSR count). The third-order valence-electron chi connectivity index (χ3n) is 7.52. The molecule has 0 atom stereocenters. The van der Waals surface area contributed by atoms with Crippen LogP contribution in [-0.4, -0.2) is 65.3 Å². The van der Waals surface area contributed by atoms with Gasteiger partial charge in [-0.3, -0.25) is 24.4 Å². The quantitative estimate of drug-likeness (QED) is 0.123. The first-order valence-corrected chi connectivity index (χ1v) is 19.2. The van der Waals surface area contributed by atoms with Crippen LogP contribution >= 0.6 is 22.7 Å². The second kappa shape index (κ2) is 15.6. The van der Waals surface area contributed by atoms with Crippen molar-refractivity contribution in [1.29, 1.82) is 0 Å². The van der Waals surface area contributed by atoms with Crippen LogP contribution in [0, 0.1) is 0 Å². The molecule has 1 aromatic carbocycles. The zero-order valence-corrected chi connectivity index (χ0v) is 29.5. The number of aromatic nitrogens is 3. The zero-order chi connectivity index (χ0) is 33.4. The molecule has 0 spiro atoms. The van der Waals surface area contributed by atoms with Crippen molar-refractivity contribution in [1.82, 2.24) is 25.0 Å². The smallest absolute Gasteiger partial charge is 0.407 e. The van der Waals surface area contributed by atoms with Crippen molar-refractivity contribution < 1.29 is 22.7 Å². The van der Waals surface area contributed by atoms with Crippen LogP contribution in [0.15, 0.2) is 46.0 Å². The number of carbonyl (C=O) groups is 2. The molecule has 4 aromatic rings. The molecule has 0 saturated heterocycles. The summed E-state index contributed by atoms with van der Waals surface area (Å²) < 4.78 is 36.0. The van der Waals surface area contributed by atoms with Gasteiger partial charge in [-0.05, 0) is 82.3 Å². The monoisotopic (exact) mass is 701 g/mol. The van der Waals surface area contributed by atoms with Crippen molar-refractivity contribution in [3.8, 4) is 0 Å². The van der Waals surface area contributed by atoms with E-state index in [0.29, 0.717) is 28.6 Å². The summed E-state index contributed by atoms with van der Waals surface area (Å²) in [5, 5.41) is 12.4. The number of thiazole rings is 1. The fourth-order valence-corrected chi connectivity index (χ4v) is 8.27. The molecule has 0 saturated carbocycles. The number of anilines is 2. The topological polar surface area (TPSA) is 148 Å². The molecule has 4 heterocycles. The van der Waals surface area contributed by atoms with E-state index in [1.54, 1.807) is 35.7 Å². The average molecular weight is 702 g/mol. The third kappa shape index (κ3) is 10.2. The number of fused-ring (bicyclic) bond motifs is 2. The van der Waals surface area contributed by atoms with Crippen LogP contribution in [0.4, 0.5) is 15.6 Å². The summed E-state index contributed by atoms with van der Waals surface area (Å²) in [6, 6.07) is 10.2. The largest absolute Gasteiger partial charge is 0.444 e. The van der Waals surface area contributed by atoms with Crippen LogP contribution in [0.1, 0.15) is 81.9 Å². The predicted molar refractivity (Wildman–Crippen MR) is 187 cm³/mol. The maximum atomic E-state index is 13.1. The minimum atomic E-state index is -3.66. The van der Waals surface area contributed by atoms with E-state index in [-0.39, 0.29) is 16.2 Å². The number of hydrogen-bond donors (Lipinski definition) is 3. The van der Waals surface area contributed by atoms with Gasteiger partial charge in [0.2, 0.25) is 0 Å². The zero-order valence-electron chi connectivity index (χ0n) is 27.1. The van der Waals surface area contributed by atoms with Gasteiger partial charge in [0.1, 0.15) is 9.81 Å². The Morgan fingerprint density at radius 1 is 1.02 bits per heavy atom. The van der Waals surface area contributed by atoms with E-state index in [0.717, 1.165) is 86.4 Å². The maximum absolute atomic E-state index is 13.1. The van der Waals surface area contributed by atoms with Crippen LogP contribution < -0.4 is 15.4 Å². The Hall–Kier alpha value is -3.53. The number of aryl methyl sites for hydroxylation is 1. The number of nitrogens with zero attached hydrogens (tertiary/aromatic N) is 4. The molecule has 0 aliphatic carbocycles. The Morgan fingerprint density at radius 3 is 2.57 bits per heavy atom. The Morgan fingerprint density at radius 2 is 1.81 bits per heavy atom. The Bertz CT molecular complexity index is 1760. The summed E-state index contributed by atoms with van der Waals surface area (Å²) in [4.78, 5) is 31.8. The molecule has 3 aromatic heterocycles. The molecule has 3 N–H and O–H groups in total. The number of rotatable bonds is 14. The van der Waals surface area contributed by atoms with E-state index in [1.165, 1.54) is 17.8 Å². The highest BCUT2D eigenvalue weighted by Gasteiger charge is 2.21. The molecule has 2 amide bonds. The number of sulfonamides is 1. The average Bonchev–Trinajstić information content (AvgIpc) is 3.74. The minimum absolute atomic E-state index is 0.242. The molecule has 12 nitrogen and oxygen atoms in total. The summed E-state index contributed by atoms with van der Waals surface area (Å²) >= 11 is 2.43. The van der Waals surface area contributed by atoms with E-state index in [9.17, 15) is 18.0 Å². The van der Waals surface area contributed by atoms with Crippen LogP contribution in [0.5, 0.6) is 0 Å². The molecule has 1 aliphatic heterocycles. The van der Waals surface area contributed by atoms with Crippen LogP contribution in [-0.2, 0) is 27.8 Å². The SMILES string of the molecule is CC(C)(C)OC(=O)NCCCCCCCCN1CCCn2nc(C(=O)Nc3nc4ccc(NS(=O)(=O)c5cccs5)cc4s3)cc2C1. The lowest BCUT2D eigenvalue weighted by molar-refractivity contribution is 0.0526. The van der Waals surface area contributed by atoms with Crippen LogP contribution in [0.25, 0.3) is 10.2 Å². The van der Waals surface area contributed by atoms with Gasteiger partial charge in [0.05, 0.1) is 21.6 Å². The predicted octanol–water partition coefficient (Wildman–Crippen LogP) is 6.68. The number of carbonyl (C=O) groups excluding carboxylic acids is 2. The van der Waals surface area contributed by atoms with Gasteiger partial charge in [-0.25, -0.2) is 18.2 Å². The highest BCUT2D eigenvalue weighted by Crippen LogP contribution is 2.30. The van der Waals surface area contributed by atoms with Gasteiger partial charge < -0.3 is 10.1 Å². The van der Waals surface area contributed by atoms with Crippen molar-refractivity contribution in [2.24, 2.45) is 0 Å². The standard InChI is InChI=1S/C32H43N7O5S3/c1-32(2,3)44-31(41)33-15-8-6-4-5-7-9-16-38-17-11-18-39-24(22-38)21-26(36-39)29(40)35-30-34-25-14-13-23(20-27(25)46-30)37-47(42,43)28-12-10-19-45-28/h10,12-14,19-21,37H,4-9,11,15-18,22H2,1-3H3,(H,33,41)(H,34,35,40). The normalized spacial score (nSPS) is 14.0. The van der Waals surface area contributed by atoms with Crippen molar-refractivity contribution in [2.75, 3.05) is 29.7 Å². The fraction of sp³-hybridized carbons (Fsp3) is 0.500. The van der Waals surface area contributed by atoms with Gasteiger partial charge >= 0.3 is 6.09 Å². The van der Waals surface area contributed by atoms with E-state index < -0.39 is 15.6 Å². The third-order valence-corrected chi connectivity index (χ3v) is 11.2. The molecule has 0 bridgehead atoms. The Balaban J connectivity index is 1.05. The molecule has 0 fully saturated rings. The number of amides is 2. The first kappa shape index (κ1) is 34.8. The lowest BCUT2D eigenvalue weighted by Gasteiger charge is -2.19. The summed E-state index contributed by atoms with van der Waals surface area (Å²) in [5.41, 5.74) is 2.00. The van der Waals surface area contributed by atoms with Gasteiger partial charge in [0.15, 0.2) is 10.8 Å². The second-order valence-corrected chi connectivity index (χ2v) is 16.5. The van der Waals surface area contributed by atoms with Gasteiger partial charge in [-0.1, -0.05) is 43.1 Å². The number of hydrogen-bond acceptors (Lipinski definition) is 10. The highest BCUT2D eigenvalue weighted by atomic mass is 32.2. The van der Waals surface area contributed by atoms with Gasteiger partial charge in [-0.15, -0.1) is 11.3 Å². The van der Waals surface area contributed by atoms with Crippen molar-refractivity contribution in [3.05, 3.63) is 53.2 Å². The van der Waals surface area contributed by atoms with E-state index >= 15 is 0 Å². The van der Waals surface area contributed by atoms with Crippen molar-refractivity contribution in [2.45, 2.75) is 88.6 Å². The summed E-state index contributed by atoms with van der Waals surface area (Å²) in [6.45, 7) is 9.74. The molecular weight excluding hydrogens is 659 g/mol. The lowest BCUT2D eigenvalue weighted by Crippen LogP contribution is -2.32. The highest BCUT2D eigenvalue weighted by molar-refractivity contribution is 7.94. The summed E-state index contributed by atoms with van der Waals surface area (Å²) in [7, 11) is -3.66. The Kier molecular flexibility index (Phi) is 11.5. The summed E-state index contributed by atoms with van der Waals surface area (Å²) in [6.07, 6.45) is 7.24. The van der Waals surface area contributed by atoms with E-state index in [2.05, 4.69) is 30.3 Å². The molecular formula is C32H43N7O5S3. The van der Waals surface area contributed by atoms with Gasteiger partial charge in [-0.2, -0.15) is 5.10 Å². The van der Waals surface area contributed by atoms with Crippen LogP contribution in [0.3, 0.4) is 0 Å². The Labute approximate surface area is 284 Å². The first-order valence-electron chi connectivity index (χ1n) is 16.0. The van der Waals surface area contributed by atoms with Gasteiger partial charge in [0, 0.05) is 26.2 Å². The number of unbranched alkanes of at least 4 members (excludes halogenated alkanes) is 5.